The van der Waals surface area contributed by atoms with E-state index in [-0.39, 0.29) is 17.6 Å². The fraction of sp³-hybridized carbons (Fsp3) is 0.409. The molecule has 1 saturated heterocycles. The summed E-state index contributed by atoms with van der Waals surface area (Å²) in [6.45, 7) is 5.33. The van der Waals surface area contributed by atoms with Gasteiger partial charge >= 0.3 is 0 Å². The van der Waals surface area contributed by atoms with Crippen molar-refractivity contribution in [2.45, 2.75) is 12.3 Å². The maximum atomic E-state index is 13.1. The number of hydrogen-bond acceptors (Lipinski definition) is 3. The van der Waals surface area contributed by atoms with Gasteiger partial charge in [-0.1, -0.05) is 28.1 Å². The normalized spacial score (nSPS) is 22.1. The highest BCUT2D eigenvalue weighted by Crippen LogP contribution is 2.47. The van der Waals surface area contributed by atoms with E-state index < -0.39 is 0 Å². The third-order valence-corrected chi connectivity index (χ3v) is 6.25. The zero-order valence-electron chi connectivity index (χ0n) is 15.8. The first kappa shape index (κ1) is 19.4. The lowest BCUT2D eigenvalue weighted by atomic mass is 10.1. The first-order chi connectivity index (χ1) is 13.6. The van der Waals surface area contributed by atoms with Crippen molar-refractivity contribution in [1.82, 2.24) is 10.2 Å². The lowest BCUT2D eigenvalue weighted by Gasteiger charge is -2.36. The van der Waals surface area contributed by atoms with E-state index in [1.165, 1.54) is 17.7 Å². The van der Waals surface area contributed by atoms with Gasteiger partial charge in [0.25, 0.3) is 0 Å². The van der Waals surface area contributed by atoms with Crippen LogP contribution < -0.4 is 10.2 Å². The van der Waals surface area contributed by atoms with E-state index in [1.54, 1.807) is 0 Å². The van der Waals surface area contributed by atoms with Crippen molar-refractivity contribution < 1.29 is 9.18 Å². The van der Waals surface area contributed by atoms with E-state index in [2.05, 4.69) is 43.2 Å². The number of hydrogen-bond donors (Lipinski definition) is 1. The van der Waals surface area contributed by atoms with Crippen molar-refractivity contribution in [3.05, 3.63) is 64.4 Å². The molecule has 148 valence electrons. The van der Waals surface area contributed by atoms with Crippen LogP contribution in [0, 0.1) is 11.7 Å². The minimum atomic E-state index is -0.198. The molecule has 1 aliphatic heterocycles. The molecule has 2 fully saturated rings. The molecule has 2 aromatic rings. The van der Waals surface area contributed by atoms with Crippen LogP contribution in [0.4, 0.5) is 10.1 Å². The Morgan fingerprint density at radius 3 is 2.39 bits per heavy atom. The maximum Gasteiger partial charge on any atom is 0.223 e. The van der Waals surface area contributed by atoms with Crippen molar-refractivity contribution in [1.29, 1.82) is 0 Å². The lowest BCUT2D eigenvalue weighted by Crippen LogP contribution is -2.48. The Kier molecular flexibility index (Phi) is 5.97. The summed E-state index contributed by atoms with van der Waals surface area (Å²) in [5.74, 6) is 0.470. The van der Waals surface area contributed by atoms with Gasteiger partial charge in [0.2, 0.25) is 5.91 Å². The van der Waals surface area contributed by atoms with Gasteiger partial charge in [-0.3, -0.25) is 9.69 Å². The fourth-order valence-electron chi connectivity index (χ4n) is 3.91. The average molecular weight is 446 g/mol. The monoisotopic (exact) mass is 445 g/mol. The van der Waals surface area contributed by atoms with Crippen molar-refractivity contribution in [2.24, 2.45) is 5.92 Å². The highest BCUT2D eigenvalue weighted by molar-refractivity contribution is 9.10. The molecule has 28 heavy (non-hydrogen) atoms. The number of piperazine rings is 1. The van der Waals surface area contributed by atoms with Crippen molar-refractivity contribution in [2.75, 3.05) is 44.2 Å². The van der Waals surface area contributed by atoms with E-state index in [0.29, 0.717) is 12.5 Å². The molecule has 1 heterocycles. The molecule has 1 amide bonds. The summed E-state index contributed by atoms with van der Waals surface area (Å²) in [4.78, 5) is 17.0. The number of anilines is 1. The number of carbonyl (C=O) groups is 1. The molecular formula is C22H25BrFN3O. The lowest BCUT2D eigenvalue weighted by molar-refractivity contribution is -0.122. The molecule has 0 bridgehead atoms. The van der Waals surface area contributed by atoms with E-state index in [4.69, 9.17) is 0 Å². The Balaban J connectivity index is 1.16. The number of benzene rings is 2. The summed E-state index contributed by atoms with van der Waals surface area (Å²) in [6.07, 6.45) is 0.948. The molecule has 2 atom stereocenters. The topological polar surface area (TPSA) is 35.6 Å². The molecular weight excluding hydrogens is 421 g/mol. The van der Waals surface area contributed by atoms with Crippen LogP contribution in [0.15, 0.2) is 53.0 Å². The predicted octanol–water partition coefficient (Wildman–Crippen LogP) is 3.63. The van der Waals surface area contributed by atoms with Gasteiger partial charge in [0.15, 0.2) is 0 Å². The van der Waals surface area contributed by atoms with E-state index >= 15 is 0 Å². The van der Waals surface area contributed by atoms with E-state index in [0.717, 1.165) is 49.3 Å². The van der Waals surface area contributed by atoms with E-state index in [1.807, 2.05) is 24.3 Å². The Morgan fingerprint density at radius 2 is 1.71 bits per heavy atom. The molecule has 0 aromatic heterocycles. The highest BCUT2D eigenvalue weighted by atomic mass is 79.9. The van der Waals surface area contributed by atoms with Crippen molar-refractivity contribution >= 4 is 27.5 Å². The fourth-order valence-corrected chi connectivity index (χ4v) is 4.18. The molecule has 2 aliphatic rings. The Hall–Kier alpha value is -1.92. The van der Waals surface area contributed by atoms with Crippen LogP contribution in [0.2, 0.25) is 0 Å². The molecule has 4 nitrogen and oxygen atoms in total. The second-order valence-electron chi connectivity index (χ2n) is 7.60. The summed E-state index contributed by atoms with van der Waals surface area (Å²) in [6, 6.07) is 15.0. The zero-order chi connectivity index (χ0) is 19.5. The van der Waals surface area contributed by atoms with Crippen LogP contribution in [0.5, 0.6) is 0 Å². The number of carbonyl (C=O) groups excluding carboxylic acids is 1. The third kappa shape index (κ3) is 4.73. The summed E-state index contributed by atoms with van der Waals surface area (Å²) in [5.41, 5.74) is 2.32. The maximum absolute atomic E-state index is 13.1. The first-order valence-corrected chi connectivity index (χ1v) is 10.7. The molecule has 2 aromatic carbocycles. The molecule has 2 unspecified atom stereocenters. The minimum absolute atomic E-state index is 0.122. The number of amides is 1. The van der Waals surface area contributed by atoms with Gasteiger partial charge in [-0.2, -0.15) is 0 Å². The summed E-state index contributed by atoms with van der Waals surface area (Å²) >= 11 is 3.45. The third-order valence-electron chi connectivity index (χ3n) is 5.72. The largest absolute Gasteiger partial charge is 0.369 e. The smallest absolute Gasteiger partial charge is 0.223 e. The molecule has 1 N–H and O–H groups in total. The van der Waals surface area contributed by atoms with Gasteiger partial charge in [-0.15, -0.1) is 0 Å². The van der Waals surface area contributed by atoms with Crippen LogP contribution >= 0.6 is 15.9 Å². The van der Waals surface area contributed by atoms with Gasteiger partial charge in [0.1, 0.15) is 5.82 Å². The average Bonchev–Trinajstić information content (AvgIpc) is 3.51. The van der Waals surface area contributed by atoms with E-state index in [9.17, 15) is 9.18 Å². The highest BCUT2D eigenvalue weighted by Gasteiger charge is 2.43. The Bertz CT molecular complexity index is 804. The van der Waals surface area contributed by atoms with Gasteiger partial charge in [-0.05, 0) is 54.3 Å². The van der Waals surface area contributed by atoms with Crippen LogP contribution in [0.25, 0.3) is 0 Å². The summed E-state index contributed by atoms with van der Waals surface area (Å²) in [5, 5.41) is 3.11. The van der Waals surface area contributed by atoms with Crippen LogP contribution in [-0.2, 0) is 4.79 Å². The molecule has 0 radical (unpaired) electrons. The van der Waals surface area contributed by atoms with Gasteiger partial charge in [-0.25, -0.2) is 4.39 Å². The standard InChI is InChI=1S/C22H25BrFN3O/c23-17-3-1-16(2-4-17)20-15-21(20)22(28)25-9-10-26-11-13-27(14-12-26)19-7-5-18(24)6-8-19/h1-8,20-21H,9-15H2,(H,25,28). The van der Waals surface area contributed by atoms with Crippen LogP contribution in [-0.4, -0.2) is 50.1 Å². The predicted molar refractivity (Wildman–Crippen MR) is 113 cm³/mol. The van der Waals surface area contributed by atoms with Crippen molar-refractivity contribution in [3.63, 3.8) is 0 Å². The first-order valence-electron chi connectivity index (χ1n) is 9.86. The second-order valence-corrected chi connectivity index (χ2v) is 8.51. The molecule has 6 heteroatoms. The Labute approximate surface area is 173 Å². The zero-order valence-corrected chi connectivity index (χ0v) is 17.4. The number of nitrogens with one attached hydrogen (secondary N) is 1. The van der Waals surface area contributed by atoms with Gasteiger partial charge in [0, 0.05) is 55.3 Å². The minimum Gasteiger partial charge on any atom is -0.369 e. The SMILES string of the molecule is O=C(NCCN1CCN(c2ccc(F)cc2)CC1)C1CC1c1ccc(Br)cc1. The Morgan fingerprint density at radius 1 is 1.04 bits per heavy atom. The molecule has 0 spiro atoms. The molecule has 1 saturated carbocycles. The van der Waals surface area contributed by atoms with Crippen LogP contribution in [0.3, 0.4) is 0 Å². The summed E-state index contributed by atoms with van der Waals surface area (Å²) in [7, 11) is 0. The number of halogens is 2. The van der Waals surface area contributed by atoms with Crippen LogP contribution in [0.1, 0.15) is 17.9 Å². The van der Waals surface area contributed by atoms with Gasteiger partial charge in [0.05, 0.1) is 0 Å². The van der Waals surface area contributed by atoms with Gasteiger partial charge < -0.3 is 10.2 Å². The molecule has 4 rings (SSSR count). The molecule has 1 aliphatic carbocycles. The second kappa shape index (κ2) is 8.62. The van der Waals surface area contributed by atoms with Crippen molar-refractivity contribution in [3.8, 4) is 0 Å². The number of rotatable bonds is 6. The number of nitrogens with zero attached hydrogens (tertiary/aromatic N) is 2. The quantitative estimate of drug-likeness (QED) is 0.737. The summed E-state index contributed by atoms with van der Waals surface area (Å²) < 4.78 is 14.1.